The van der Waals surface area contributed by atoms with Gasteiger partial charge in [-0.3, -0.25) is 4.79 Å². The number of benzene rings is 1. The molecule has 114 valence electrons. The lowest BCUT2D eigenvalue weighted by Crippen LogP contribution is -2.56. The van der Waals surface area contributed by atoms with Crippen molar-refractivity contribution in [3.8, 4) is 0 Å². The lowest BCUT2D eigenvalue weighted by Gasteiger charge is -2.35. The van der Waals surface area contributed by atoms with E-state index in [4.69, 9.17) is 4.74 Å². The Balaban J connectivity index is 2.23. The number of ether oxygens (including phenoxy) is 1. The zero-order chi connectivity index (χ0) is 15.5. The van der Waals surface area contributed by atoms with E-state index in [-0.39, 0.29) is 5.56 Å². The van der Waals surface area contributed by atoms with Gasteiger partial charge in [-0.2, -0.15) is 0 Å². The molecule has 0 aromatic heterocycles. The summed E-state index contributed by atoms with van der Waals surface area (Å²) in [6.45, 7) is 0. The average Bonchev–Trinajstić information content (AvgIpc) is 2.46. The number of amides is 1. The Hall–Kier alpha value is -1.43. The first-order valence-corrected chi connectivity index (χ1v) is 7.63. The molecule has 0 spiro atoms. The number of halogens is 2. The van der Waals surface area contributed by atoms with E-state index in [1.807, 2.05) is 0 Å². The highest BCUT2D eigenvalue weighted by atomic mass is 79.9. The van der Waals surface area contributed by atoms with Crippen LogP contribution in [0.1, 0.15) is 42.5 Å². The van der Waals surface area contributed by atoms with Crippen LogP contribution in [0, 0.1) is 5.82 Å². The third kappa shape index (κ3) is 3.61. The van der Waals surface area contributed by atoms with E-state index in [0.717, 1.165) is 25.3 Å². The number of esters is 1. The fourth-order valence-electron chi connectivity index (χ4n) is 2.71. The molecule has 1 aromatic rings. The molecule has 1 aliphatic rings. The van der Waals surface area contributed by atoms with Gasteiger partial charge in [-0.15, -0.1) is 0 Å². The van der Waals surface area contributed by atoms with Gasteiger partial charge in [-0.05, 0) is 31.0 Å². The number of hydrogen-bond acceptors (Lipinski definition) is 3. The van der Waals surface area contributed by atoms with Crippen molar-refractivity contribution >= 4 is 27.8 Å². The van der Waals surface area contributed by atoms with Gasteiger partial charge in [-0.25, -0.2) is 9.18 Å². The topological polar surface area (TPSA) is 55.4 Å². The lowest BCUT2D eigenvalue weighted by molar-refractivity contribution is -0.149. The van der Waals surface area contributed by atoms with Gasteiger partial charge in [0.25, 0.3) is 5.91 Å². The van der Waals surface area contributed by atoms with E-state index < -0.39 is 23.2 Å². The van der Waals surface area contributed by atoms with E-state index in [1.165, 1.54) is 19.2 Å². The van der Waals surface area contributed by atoms with E-state index in [2.05, 4.69) is 21.2 Å². The number of nitrogens with one attached hydrogen (secondary N) is 1. The largest absolute Gasteiger partial charge is 0.467 e. The zero-order valence-electron chi connectivity index (χ0n) is 11.7. The van der Waals surface area contributed by atoms with Crippen LogP contribution in [0.4, 0.5) is 4.39 Å². The molecule has 21 heavy (non-hydrogen) atoms. The maximum absolute atomic E-state index is 13.4. The van der Waals surface area contributed by atoms with Gasteiger partial charge < -0.3 is 10.1 Å². The first-order chi connectivity index (χ1) is 9.97. The minimum absolute atomic E-state index is 0.177. The molecule has 0 bridgehead atoms. The summed E-state index contributed by atoms with van der Waals surface area (Å²) in [5.74, 6) is -1.42. The molecule has 1 aliphatic carbocycles. The van der Waals surface area contributed by atoms with Crippen molar-refractivity contribution in [3.05, 3.63) is 34.1 Å². The molecule has 2 rings (SSSR count). The van der Waals surface area contributed by atoms with Crippen molar-refractivity contribution in [2.45, 2.75) is 37.6 Å². The van der Waals surface area contributed by atoms with Gasteiger partial charge in [0.05, 0.1) is 7.11 Å². The predicted molar refractivity (Wildman–Crippen MR) is 79.4 cm³/mol. The van der Waals surface area contributed by atoms with Crippen LogP contribution in [-0.4, -0.2) is 24.5 Å². The summed E-state index contributed by atoms with van der Waals surface area (Å²) in [6, 6.07) is 3.94. The number of carbonyl (C=O) groups is 2. The second kappa shape index (κ2) is 6.56. The Morgan fingerprint density at radius 2 is 1.90 bits per heavy atom. The van der Waals surface area contributed by atoms with Crippen molar-refractivity contribution in [3.63, 3.8) is 0 Å². The monoisotopic (exact) mass is 357 g/mol. The number of carbonyl (C=O) groups excluding carboxylic acids is 2. The van der Waals surface area contributed by atoms with Gasteiger partial charge in [0, 0.05) is 10.0 Å². The van der Waals surface area contributed by atoms with Gasteiger partial charge >= 0.3 is 5.97 Å². The highest BCUT2D eigenvalue weighted by molar-refractivity contribution is 9.10. The third-order valence-electron chi connectivity index (χ3n) is 3.76. The Morgan fingerprint density at radius 1 is 1.24 bits per heavy atom. The standard InChI is InChI=1S/C15H17BrFNO3/c1-21-14(20)15(5-3-2-4-6-15)18-13(19)10-7-11(16)9-12(17)8-10/h7-9H,2-6H2,1H3,(H,18,19). The van der Waals surface area contributed by atoms with Crippen LogP contribution < -0.4 is 5.32 Å². The van der Waals surface area contributed by atoms with Gasteiger partial charge in [0.1, 0.15) is 11.4 Å². The van der Waals surface area contributed by atoms with E-state index >= 15 is 0 Å². The minimum atomic E-state index is -0.997. The quantitative estimate of drug-likeness (QED) is 0.845. The molecule has 0 radical (unpaired) electrons. The van der Waals surface area contributed by atoms with Crippen LogP contribution in [0.5, 0.6) is 0 Å². The molecule has 1 aromatic carbocycles. The Morgan fingerprint density at radius 3 is 2.48 bits per heavy atom. The third-order valence-corrected chi connectivity index (χ3v) is 4.22. The fourth-order valence-corrected chi connectivity index (χ4v) is 3.17. The summed E-state index contributed by atoms with van der Waals surface area (Å²) in [5, 5.41) is 2.75. The van der Waals surface area contributed by atoms with E-state index in [9.17, 15) is 14.0 Å². The summed E-state index contributed by atoms with van der Waals surface area (Å²) in [6.07, 6.45) is 3.81. The normalized spacial score (nSPS) is 17.1. The lowest BCUT2D eigenvalue weighted by atomic mass is 9.81. The number of hydrogen-bond donors (Lipinski definition) is 1. The SMILES string of the molecule is COC(=O)C1(NC(=O)c2cc(F)cc(Br)c2)CCCCC1. The molecular weight excluding hydrogens is 341 g/mol. The predicted octanol–water partition coefficient (Wildman–Crippen LogP) is 3.19. The molecule has 6 heteroatoms. The molecule has 0 saturated heterocycles. The van der Waals surface area contributed by atoms with Crippen LogP contribution >= 0.6 is 15.9 Å². The van der Waals surface area contributed by atoms with Crippen molar-refractivity contribution < 1.29 is 18.7 Å². The Bertz CT molecular complexity index is 536. The van der Waals surface area contributed by atoms with Gasteiger partial charge in [-0.1, -0.05) is 35.2 Å². The number of methoxy groups -OCH3 is 1. The minimum Gasteiger partial charge on any atom is -0.467 e. The van der Waals surface area contributed by atoms with Crippen molar-refractivity contribution in [2.75, 3.05) is 7.11 Å². The molecule has 1 saturated carbocycles. The summed E-state index contributed by atoms with van der Waals surface area (Å²) in [4.78, 5) is 24.4. The van der Waals surface area contributed by atoms with Crippen LogP contribution in [-0.2, 0) is 9.53 Å². The maximum atomic E-state index is 13.4. The highest BCUT2D eigenvalue weighted by Gasteiger charge is 2.42. The molecular formula is C15H17BrFNO3. The average molecular weight is 358 g/mol. The molecule has 4 nitrogen and oxygen atoms in total. The highest BCUT2D eigenvalue weighted by Crippen LogP contribution is 2.30. The summed E-state index contributed by atoms with van der Waals surface area (Å²) >= 11 is 3.15. The smallest absolute Gasteiger partial charge is 0.331 e. The second-order valence-electron chi connectivity index (χ2n) is 5.25. The first-order valence-electron chi connectivity index (χ1n) is 6.84. The second-order valence-corrected chi connectivity index (χ2v) is 6.16. The van der Waals surface area contributed by atoms with Crippen molar-refractivity contribution in [1.82, 2.24) is 5.32 Å². The van der Waals surface area contributed by atoms with Crippen molar-refractivity contribution in [1.29, 1.82) is 0 Å². The van der Waals surface area contributed by atoms with E-state index in [1.54, 1.807) is 0 Å². The van der Waals surface area contributed by atoms with E-state index in [0.29, 0.717) is 17.3 Å². The summed E-state index contributed by atoms with van der Waals surface area (Å²) in [5.41, 5.74) is -0.821. The fraction of sp³-hybridized carbons (Fsp3) is 0.467. The van der Waals surface area contributed by atoms with Crippen LogP contribution in [0.2, 0.25) is 0 Å². The summed E-state index contributed by atoms with van der Waals surface area (Å²) in [7, 11) is 1.31. The first kappa shape index (κ1) is 15.9. The number of rotatable bonds is 3. The molecule has 1 fully saturated rings. The molecule has 0 heterocycles. The summed E-state index contributed by atoms with van der Waals surface area (Å²) < 4.78 is 18.7. The maximum Gasteiger partial charge on any atom is 0.331 e. The molecule has 1 N–H and O–H groups in total. The van der Waals surface area contributed by atoms with Crippen LogP contribution in [0.3, 0.4) is 0 Å². The molecule has 0 atom stereocenters. The molecule has 0 unspecified atom stereocenters. The van der Waals surface area contributed by atoms with Gasteiger partial charge in [0.2, 0.25) is 0 Å². The molecule has 0 aliphatic heterocycles. The molecule has 1 amide bonds. The van der Waals surface area contributed by atoms with Crippen LogP contribution in [0.15, 0.2) is 22.7 Å². The van der Waals surface area contributed by atoms with Gasteiger partial charge in [0.15, 0.2) is 0 Å². The van der Waals surface area contributed by atoms with Crippen LogP contribution in [0.25, 0.3) is 0 Å². The zero-order valence-corrected chi connectivity index (χ0v) is 13.3. The Kier molecular flexibility index (Phi) is 4.98. The van der Waals surface area contributed by atoms with Crippen molar-refractivity contribution in [2.24, 2.45) is 0 Å². The Labute approximate surface area is 131 Å².